The van der Waals surface area contributed by atoms with Gasteiger partial charge in [0.05, 0.1) is 5.71 Å². The van der Waals surface area contributed by atoms with E-state index in [4.69, 9.17) is 10.4 Å². The second-order valence-electron chi connectivity index (χ2n) is 9.54. The number of carbonyl (C=O) groups is 1. The van der Waals surface area contributed by atoms with E-state index in [9.17, 15) is 9.18 Å². The highest BCUT2D eigenvalue weighted by molar-refractivity contribution is 6.13. The largest absolute Gasteiger partial charge is 0.378 e. The number of aromatic nitrogens is 5. The van der Waals surface area contributed by atoms with Crippen molar-refractivity contribution in [2.45, 2.75) is 19.3 Å². The van der Waals surface area contributed by atoms with Gasteiger partial charge in [0.15, 0.2) is 5.69 Å². The van der Waals surface area contributed by atoms with E-state index in [-0.39, 0.29) is 23.1 Å². The van der Waals surface area contributed by atoms with Crippen molar-refractivity contribution in [1.29, 1.82) is 0 Å². The number of hydrogen-bond acceptors (Lipinski definition) is 9. The first-order valence-electron chi connectivity index (χ1n) is 13.2. The molecule has 11 nitrogen and oxygen atoms in total. The minimum Gasteiger partial charge on any atom is -0.378 e. The molecule has 5 aromatic rings. The maximum absolute atomic E-state index is 13.7. The molecule has 12 heteroatoms. The molecule has 2 aromatic heterocycles. The van der Waals surface area contributed by atoms with Crippen molar-refractivity contribution in [1.82, 2.24) is 30.7 Å². The topological polar surface area (TPSA) is 140 Å². The Balaban J connectivity index is 1.35. The minimum atomic E-state index is -0.616. The molecule has 0 spiro atoms. The molecule has 0 atom stereocenters. The Labute approximate surface area is 234 Å². The minimum absolute atomic E-state index is 0.0105. The number of amides is 1. The molecule has 1 fully saturated rings. The smallest absolute Gasteiger partial charge is 0.294 e. The third kappa shape index (κ3) is 5.39. The lowest BCUT2D eigenvalue weighted by Gasteiger charge is -2.28. The van der Waals surface area contributed by atoms with Gasteiger partial charge in [-0.1, -0.05) is 47.7 Å². The van der Waals surface area contributed by atoms with E-state index in [1.165, 1.54) is 36.1 Å². The van der Waals surface area contributed by atoms with E-state index in [1.807, 2.05) is 42.5 Å². The molecule has 1 aliphatic rings. The van der Waals surface area contributed by atoms with Crippen LogP contribution < -0.4 is 16.1 Å². The summed E-state index contributed by atoms with van der Waals surface area (Å²) >= 11 is 0. The van der Waals surface area contributed by atoms with E-state index >= 15 is 0 Å². The summed E-state index contributed by atoms with van der Waals surface area (Å²) < 4.78 is 19.8. The van der Waals surface area contributed by atoms with E-state index in [2.05, 4.69) is 36.1 Å². The van der Waals surface area contributed by atoms with Gasteiger partial charge in [-0.05, 0) is 66.0 Å². The standard InChI is InChI=1S/C29H26FN9O2/c30-22-13-9-19(10-14-22)24(20-11-15-23(16-12-20)38-17-5-2-6-18-38)32-34-29(40)25-26(21-7-3-1-4-8-21)39(37-33-25)28-27(31)35-41-36-28/h1,3-4,7-16H,2,5-6,17-18H2,(H2,31,35)(H,34,40)/b32-24-. The van der Waals surface area contributed by atoms with Gasteiger partial charge in [0.25, 0.3) is 5.91 Å². The average Bonchev–Trinajstić information content (AvgIpc) is 3.65. The van der Waals surface area contributed by atoms with Gasteiger partial charge in [0.1, 0.15) is 11.5 Å². The molecule has 1 aliphatic heterocycles. The fourth-order valence-corrected chi connectivity index (χ4v) is 4.82. The Kier molecular flexibility index (Phi) is 7.18. The predicted molar refractivity (Wildman–Crippen MR) is 151 cm³/mol. The maximum atomic E-state index is 13.7. The van der Waals surface area contributed by atoms with Crippen molar-refractivity contribution < 1.29 is 13.8 Å². The van der Waals surface area contributed by atoms with Crippen molar-refractivity contribution in [2.75, 3.05) is 23.7 Å². The molecule has 1 saturated heterocycles. The van der Waals surface area contributed by atoms with Gasteiger partial charge >= 0.3 is 0 Å². The van der Waals surface area contributed by atoms with Crippen LogP contribution in [-0.2, 0) is 0 Å². The quantitative estimate of drug-likeness (QED) is 0.226. The molecule has 0 aliphatic carbocycles. The molecule has 206 valence electrons. The van der Waals surface area contributed by atoms with Crippen molar-refractivity contribution >= 4 is 23.1 Å². The normalized spacial score (nSPS) is 13.8. The summed E-state index contributed by atoms with van der Waals surface area (Å²) in [4.78, 5) is 15.9. The second kappa shape index (κ2) is 11.4. The predicted octanol–water partition coefficient (Wildman–Crippen LogP) is 4.21. The highest BCUT2D eigenvalue weighted by Gasteiger charge is 2.25. The number of carbonyl (C=O) groups excluding carboxylic acids is 1. The summed E-state index contributed by atoms with van der Waals surface area (Å²) in [6.45, 7) is 2.05. The Hall–Kier alpha value is -5.39. The summed E-state index contributed by atoms with van der Waals surface area (Å²) in [5.74, 6) is -0.902. The van der Waals surface area contributed by atoms with Gasteiger partial charge in [0.2, 0.25) is 11.6 Å². The van der Waals surface area contributed by atoms with Gasteiger partial charge in [-0.15, -0.1) is 5.10 Å². The fraction of sp³-hybridized carbons (Fsp3) is 0.172. The van der Waals surface area contributed by atoms with Crippen molar-refractivity contribution in [3.05, 3.63) is 102 Å². The summed E-state index contributed by atoms with van der Waals surface area (Å²) in [5, 5.41) is 20.1. The molecular formula is C29H26FN9O2. The molecular weight excluding hydrogens is 525 g/mol. The molecule has 3 N–H and O–H groups in total. The lowest BCUT2D eigenvalue weighted by molar-refractivity contribution is 0.0950. The molecule has 1 amide bonds. The number of benzene rings is 3. The first kappa shape index (κ1) is 25.9. The van der Waals surface area contributed by atoms with Crippen LogP contribution >= 0.6 is 0 Å². The molecule has 3 heterocycles. The van der Waals surface area contributed by atoms with Crippen LogP contribution in [0.3, 0.4) is 0 Å². The number of halogens is 1. The Morgan fingerprint density at radius 1 is 0.902 bits per heavy atom. The molecule has 0 radical (unpaired) electrons. The SMILES string of the molecule is Nc1nonc1-n1nnc(C(=O)N/N=C(/c2ccc(F)cc2)c2ccc(N3CCCCC3)cc2)c1-c1ccccc1. The first-order chi connectivity index (χ1) is 20.1. The van der Waals surface area contributed by atoms with Crippen LogP contribution in [0.1, 0.15) is 40.9 Å². The van der Waals surface area contributed by atoms with Gasteiger partial charge in [-0.25, -0.2) is 14.4 Å². The molecule has 3 aromatic carbocycles. The van der Waals surface area contributed by atoms with Crippen LogP contribution in [0.25, 0.3) is 17.1 Å². The fourth-order valence-electron chi connectivity index (χ4n) is 4.82. The van der Waals surface area contributed by atoms with Crippen LogP contribution in [0.5, 0.6) is 0 Å². The third-order valence-electron chi connectivity index (χ3n) is 6.88. The van der Waals surface area contributed by atoms with Crippen LogP contribution in [0, 0.1) is 5.82 Å². The van der Waals surface area contributed by atoms with Crippen molar-refractivity contribution in [3.8, 4) is 17.1 Å². The van der Waals surface area contributed by atoms with Crippen LogP contribution in [0.4, 0.5) is 15.9 Å². The number of hydrogen-bond donors (Lipinski definition) is 2. The molecule has 0 saturated carbocycles. The van der Waals surface area contributed by atoms with Crippen molar-refractivity contribution in [2.24, 2.45) is 5.10 Å². The van der Waals surface area contributed by atoms with Gasteiger partial charge in [0, 0.05) is 35.5 Å². The van der Waals surface area contributed by atoms with E-state index in [0.29, 0.717) is 22.5 Å². The second-order valence-corrected chi connectivity index (χ2v) is 9.54. The zero-order valence-corrected chi connectivity index (χ0v) is 21.9. The van der Waals surface area contributed by atoms with E-state index < -0.39 is 5.91 Å². The first-order valence-corrected chi connectivity index (χ1v) is 13.2. The average molecular weight is 552 g/mol. The number of hydrazone groups is 1. The summed E-state index contributed by atoms with van der Waals surface area (Å²) in [7, 11) is 0. The number of nitrogens with two attached hydrogens (primary N) is 1. The number of nitrogen functional groups attached to an aromatic ring is 1. The highest BCUT2D eigenvalue weighted by Crippen LogP contribution is 2.26. The highest BCUT2D eigenvalue weighted by atomic mass is 19.1. The van der Waals surface area contributed by atoms with Gasteiger partial charge < -0.3 is 10.6 Å². The monoisotopic (exact) mass is 551 g/mol. The van der Waals surface area contributed by atoms with E-state index in [0.717, 1.165) is 24.3 Å². The lowest BCUT2D eigenvalue weighted by atomic mass is 10.0. The number of nitrogens with one attached hydrogen (secondary N) is 1. The summed E-state index contributed by atoms with van der Waals surface area (Å²) in [6, 6.07) is 23.0. The molecule has 0 bridgehead atoms. The molecule has 41 heavy (non-hydrogen) atoms. The van der Waals surface area contributed by atoms with Crippen LogP contribution in [-0.4, -0.2) is 50.0 Å². The summed E-state index contributed by atoms with van der Waals surface area (Å²) in [5.41, 5.74) is 12.4. The van der Waals surface area contributed by atoms with Crippen molar-refractivity contribution in [3.63, 3.8) is 0 Å². The number of nitrogens with zero attached hydrogens (tertiary/aromatic N) is 7. The Bertz CT molecular complexity index is 1670. The summed E-state index contributed by atoms with van der Waals surface area (Å²) in [6.07, 6.45) is 3.59. The maximum Gasteiger partial charge on any atom is 0.294 e. The van der Waals surface area contributed by atoms with E-state index in [1.54, 1.807) is 24.3 Å². The third-order valence-corrected chi connectivity index (χ3v) is 6.88. The Morgan fingerprint density at radius 3 is 2.24 bits per heavy atom. The number of rotatable bonds is 7. The molecule has 0 unspecified atom stereocenters. The van der Waals surface area contributed by atoms with Crippen LogP contribution in [0.2, 0.25) is 0 Å². The number of piperidine rings is 1. The van der Waals surface area contributed by atoms with Gasteiger partial charge in [-0.3, -0.25) is 4.79 Å². The van der Waals surface area contributed by atoms with Gasteiger partial charge in [-0.2, -0.15) is 9.78 Å². The van der Waals surface area contributed by atoms with Crippen LogP contribution in [0.15, 0.2) is 88.6 Å². The molecule has 6 rings (SSSR count). The lowest BCUT2D eigenvalue weighted by Crippen LogP contribution is -2.29. The Morgan fingerprint density at radius 2 is 1.59 bits per heavy atom. The number of anilines is 2. The zero-order valence-electron chi connectivity index (χ0n) is 21.9. The zero-order chi connectivity index (χ0) is 28.2.